The van der Waals surface area contributed by atoms with E-state index in [1.54, 1.807) is 23.4 Å². The van der Waals surface area contributed by atoms with E-state index in [1.165, 1.54) is 6.33 Å². The second kappa shape index (κ2) is 5.81. The van der Waals surface area contributed by atoms with Gasteiger partial charge in [-0.15, -0.1) is 5.10 Å². The summed E-state index contributed by atoms with van der Waals surface area (Å²) in [5.74, 6) is 0.158. The highest BCUT2D eigenvalue weighted by molar-refractivity contribution is 5.76. The van der Waals surface area contributed by atoms with Gasteiger partial charge >= 0.3 is 0 Å². The van der Waals surface area contributed by atoms with Crippen molar-refractivity contribution in [2.45, 2.75) is 31.8 Å². The van der Waals surface area contributed by atoms with Crippen LogP contribution in [-0.4, -0.2) is 53.7 Å². The van der Waals surface area contributed by atoms with Crippen LogP contribution in [0.5, 0.6) is 0 Å². The first-order chi connectivity index (χ1) is 9.83. The fourth-order valence-corrected chi connectivity index (χ4v) is 2.52. The molecule has 3 rings (SSSR count). The Morgan fingerprint density at radius 3 is 3.10 bits per heavy atom. The number of amides is 1. The van der Waals surface area contributed by atoms with Crippen molar-refractivity contribution in [2.24, 2.45) is 0 Å². The third-order valence-electron chi connectivity index (χ3n) is 3.59. The molecule has 8 heteroatoms. The van der Waals surface area contributed by atoms with Crippen LogP contribution in [0, 0.1) is 0 Å². The molecule has 20 heavy (non-hydrogen) atoms. The Balaban J connectivity index is 1.55. The van der Waals surface area contributed by atoms with E-state index in [9.17, 15) is 4.79 Å². The molecule has 1 atom stereocenters. The third-order valence-corrected chi connectivity index (χ3v) is 3.59. The maximum atomic E-state index is 12.2. The molecule has 0 radical (unpaired) electrons. The summed E-state index contributed by atoms with van der Waals surface area (Å²) in [6.07, 6.45) is 9.12. The van der Waals surface area contributed by atoms with Crippen LogP contribution in [0.1, 0.15) is 25.3 Å². The smallest absolute Gasteiger partial charge is 0.224 e. The number of rotatable bonds is 4. The molecule has 2 aromatic heterocycles. The van der Waals surface area contributed by atoms with Gasteiger partial charge in [0.1, 0.15) is 12.7 Å². The molecule has 1 aliphatic heterocycles. The number of carbonyl (C=O) groups excluding carboxylic acids is 1. The van der Waals surface area contributed by atoms with Gasteiger partial charge in [0, 0.05) is 25.7 Å². The Hall–Kier alpha value is -2.25. The molecule has 1 aliphatic rings. The molecule has 0 aromatic carbocycles. The van der Waals surface area contributed by atoms with Crippen LogP contribution in [0.25, 0.3) is 0 Å². The average molecular weight is 275 g/mol. The number of piperidine rings is 1. The molecule has 1 unspecified atom stereocenters. The molecule has 0 bridgehead atoms. The highest BCUT2D eigenvalue weighted by Gasteiger charge is 2.24. The Kier molecular flexibility index (Phi) is 3.71. The van der Waals surface area contributed by atoms with E-state index in [0.29, 0.717) is 19.5 Å². The molecule has 0 spiro atoms. The van der Waals surface area contributed by atoms with E-state index in [4.69, 9.17) is 0 Å². The molecular weight excluding hydrogens is 258 g/mol. The van der Waals surface area contributed by atoms with E-state index in [0.717, 1.165) is 19.4 Å². The van der Waals surface area contributed by atoms with Crippen LogP contribution in [0.2, 0.25) is 0 Å². The van der Waals surface area contributed by atoms with Crippen LogP contribution >= 0.6 is 0 Å². The predicted molar refractivity (Wildman–Crippen MR) is 69.5 cm³/mol. The quantitative estimate of drug-likeness (QED) is 0.791. The highest BCUT2D eigenvalue weighted by atomic mass is 16.2. The summed E-state index contributed by atoms with van der Waals surface area (Å²) >= 11 is 0. The maximum absolute atomic E-state index is 12.2. The molecule has 1 saturated heterocycles. The number of nitrogens with zero attached hydrogens (tertiary/aromatic N) is 7. The average Bonchev–Trinajstić information content (AvgIpc) is 3.18. The highest BCUT2D eigenvalue weighted by Crippen LogP contribution is 2.20. The topological polar surface area (TPSA) is 81.7 Å². The number of likely N-dealkylation sites (tertiary alicyclic amines) is 1. The minimum absolute atomic E-state index is 0.158. The lowest BCUT2D eigenvalue weighted by atomic mass is 10.1. The lowest BCUT2D eigenvalue weighted by Crippen LogP contribution is -2.41. The Morgan fingerprint density at radius 1 is 1.40 bits per heavy atom. The lowest BCUT2D eigenvalue weighted by Gasteiger charge is -2.32. The maximum Gasteiger partial charge on any atom is 0.224 e. The zero-order valence-electron chi connectivity index (χ0n) is 11.2. The van der Waals surface area contributed by atoms with Crippen molar-refractivity contribution in [3.63, 3.8) is 0 Å². The van der Waals surface area contributed by atoms with Crippen molar-refractivity contribution in [1.29, 1.82) is 0 Å². The van der Waals surface area contributed by atoms with Gasteiger partial charge in [-0.25, -0.2) is 9.67 Å². The van der Waals surface area contributed by atoms with Gasteiger partial charge in [-0.2, -0.15) is 5.10 Å². The monoisotopic (exact) mass is 275 g/mol. The van der Waals surface area contributed by atoms with Gasteiger partial charge in [0.2, 0.25) is 5.91 Å². The molecule has 1 amide bonds. The summed E-state index contributed by atoms with van der Waals surface area (Å²) in [7, 11) is 0. The third kappa shape index (κ3) is 2.84. The van der Waals surface area contributed by atoms with Crippen LogP contribution in [0.15, 0.2) is 25.0 Å². The first-order valence-corrected chi connectivity index (χ1v) is 6.79. The van der Waals surface area contributed by atoms with Gasteiger partial charge in [0.15, 0.2) is 0 Å². The summed E-state index contributed by atoms with van der Waals surface area (Å²) in [6, 6.07) is 0.238. The Bertz CT molecular complexity index is 536. The minimum Gasteiger partial charge on any atom is -0.340 e. The fourth-order valence-electron chi connectivity index (χ4n) is 2.52. The van der Waals surface area contributed by atoms with Gasteiger partial charge in [-0.3, -0.25) is 9.48 Å². The molecule has 106 valence electrons. The van der Waals surface area contributed by atoms with Gasteiger partial charge in [-0.05, 0) is 12.8 Å². The van der Waals surface area contributed by atoms with E-state index >= 15 is 0 Å². The Morgan fingerprint density at radius 2 is 2.35 bits per heavy atom. The fraction of sp³-hybridized carbons (Fsp3) is 0.583. The molecule has 2 aromatic rings. The van der Waals surface area contributed by atoms with E-state index in [2.05, 4.69) is 20.4 Å². The number of carbonyl (C=O) groups is 1. The summed E-state index contributed by atoms with van der Waals surface area (Å²) in [4.78, 5) is 18.1. The van der Waals surface area contributed by atoms with Crippen molar-refractivity contribution in [2.75, 3.05) is 13.1 Å². The normalized spacial score (nSPS) is 19.2. The lowest BCUT2D eigenvalue weighted by molar-refractivity contribution is -0.133. The van der Waals surface area contributed by atoms with Gasteiger partial charge in [-0.1, -0.05) is 5.21 Å². The number of aryl methyl sites for hydroxylation is 1. The second-order valence-corrected chi connectivity index (χ2v) is 4.93. The standard InChI is InChI=1S/C12H17N7O/c20-12(3-6-18-7-4-14-16-18)17-5-1-2-11(8-17)19-10-13-9-15-19/h4,7,9-11H,1-3,5-6,8H2. The zero-order valence-corrected chi connectivity index (χ0v) is 11.2. The second-order valence-electron chi connectivity index (χ2n) is 4.93. The van der Waals surface area contributed by atoms with E-state index < -0.39 is 0 Å². The van der Waals surface area contributed by atoms with Gasteiger partial charge in [0.05, 0.1) is 18.8 Å². The van der Waals surface area contributed by atoms with Crippen LogP contribution in [-0.2, 0) is 11.3 Å². The summed E-state index contributed by atoms with van der Waals surface area (Å²) in [5, 5.41) is 11.8. The van der Waals surface area contributed by atoms with E-state index in [-0.39, 0.29) is 11.9 Å². The number of hydrogen-bond acceptors (Lipinski definition) is 5. The first-order valence-electron chi connectivity index (χ1n) is 6.79. The molecule has 0 N–H and O–H groups in total. The van der Waals surface area contributed by atoms with Crippen molar-refractivity contribution in [3.8, 4) is 0 Å². The Labute approximate surface area is 116 Å². The van der Waals surface area contributed by atoms with Crippen LogP contribution < -0.4 is 0 Å². The minimum atomic E-state index is 0.158. The summed E-state index contributed by atoms with van der Waals surface area (Å²) in [5.41, 5.74) is 0. The van der Waals surface area contributed by atoms with Crippen molar-refractivity contribution in [3.05, 3.63) is 25.0 Å². The van der Waals surface area contributed by atoms with Crippen LogP contribution in [0.3, 0.4) is 0 Å². The van der Waals surface area contributed by atoms with Gasteiger partial charge in [0.25, 0.3) is 0 Å². The van der Waals surface area contributed by atoms with Crippen molar-refractivity contribution >= 4 is 5.91 Å². The molecular formula is C12H17N7O. The van der Waals surface area contributed by atoms with Crippen molar-refractivity contribution in [1.82, 2.24) is 34.7 Å². The summed E-state index contributed by atoms with van der Waals surface area (Å²) in [6.45, 7) is 2.10. The SMILES string of the molecule is O=C(CCn1ccnn1)N1CCCC(n2cncn2)C1. The van der Waals surface area contributed by atoms with Crippen molar-refractivity contribution < 1.29 is 4.79 Å². The molecule has 0 aliphatic carbocycles. The first kappa shape index (κ1) is 12.8. The van der Waals surface area contributed by atoms with Gasteiger partial charge < -0.3 is 4.90 Å². The molecule has 1 fully saturated rings. The molecule has 3 heterocycles. The summed E-state index contributed by atoms with van der Waals surface area (Å²) < 4.78 is 3.52. The number of hydrogen-bond donors (Lipinski definition) is 0. The van der Waals surface area contributed by atoms with E-state index in [1.807, 2.05) is 9.58 Å². The molecule has 0 saturated carbocycles. The van der Waals surface area contributed by atoms with Crippen LogP contribution in [0.4, 0.5) is 0 Å². The molecule has 8 nitrogen and oxygen atoms in total. The number of aromatic nitrogens is 6. The zero-order chi connectivity index (χ0) is 13.8. The predicted octanol–water partition coefficient (Wildman–Crippen LogP) is 0.123. The largest absolute Gasteiger partial charge is 0.340 e.